The zero-order valence-corrected chi connectivity index (χ0v) is 16.2. The molecule has 0 unspecified atom stereocenters. The molecule has 0 saturated carbocycles. The van der Waals surface area contributed by atoms with Crippen LogP contribution in [0.5, 0.6) is 0 Å². The van der Waals surface area contributed by atoms with Gasteiger partial charge in [-0.2, -0.15) is 13.2 Å². The molecular formula is C21H21F3N4O2. The first-order valence-corrected chi connectivity index (χ1v) is 9.81. The number of rotatable bonds is 3. The van der Waals surface area contributed by atoms with Crippen molar-refractivity contribution < 1.29 is 22.8 Å². The Morgan fingerprint density at radius 1 is 1.00 bits per heavy atom. The van der Waals surface area contributed by atoms with Gasteiger partial charge >= 0.3 is 6.18 Å². The number of carbonyl (C=O) groups excluding carboxylic acids is 2. The zero-order valence-electron chi connectivity index (χ0n) is 16.2. The minimum absolute atomic E-state index is 0.0669. The predicted octanol–water partition coefficient (Wildman–Crippen LogP) is 3.19. The molecule has 158 valence electrons. The van der Waals surface area contributed by atoms with Crippen LogP contribution in [0.1, 0.15) is 28.8 Å². The highest BCUT2D eigenvalue weighted by atomic mass is 19.4. The Hall–Kier alpha value is -3.10. The summed E-state index contributed by atoms with van der Waals surface area (Å²) >= 11 is 0. The van der Waals surface area contributed by atoms with E-state index in [1.54, 1.807) is 28.0 Å². The highest BCUT2D eigenvalue weighted by molar-refractivity contribution is 5.99. The van der Waals surface area contributed by atoms with Crippen molar-refractivity contribution in [2.45, 2.75) is 19.0 Å². The lowest BCUT2D eigenvalue weighted by molar-refractivity contribution is -0.137. The molecule has 9 heteroatoms. The van der Waals surface area contributed by atoms with Crippen LogP contribution in [0.2, 0.25) is 0 Å². The zero-order chi connectivity index (χ0) is 21.3. The van der Waals surface area contributed by atoms with Gasteiger partial charge in [-0.3, -0.25) is 9.59 Å². The molecule has 0 bridgehead atoms. The van der Waals surface area contributed by atoms with E-state index < -0.39 is 11.7 Å². The van der Waals surface area contributed by atoms with Gasteiger partial charge in [-0.05, 0) is 36.8 Å². The smallest absolute Gasteiger partial charge is 0.353 e. The topological polar surface area (TPSA) is 56.8 Å². The molecule has 0 atom stereocenters. The average molecular weight is 418 g/mol. The van der Waals surface area contributed by atoms with Crippen molar-refractivity contribution in [3.63, 3.8) is 0 Å². The first-order chi connectivity index (χ1) is 14.3. The van der Waals surface area contributed by atoms with Crippen molar-refractivity contribution in [1.82, 2.24) is 9.88 Å². The van der Waals surface area contributed by atoms with E-state index in [9.17, 15) is 22.8 Å². The largest absolute Gasteiger partial charge is 0.417 e. The molecule has 0 radical (unpaired) electrons. The fraction of sp³-hybridized carbons (Fsp3) is 0.381. The Morgan fingerprint density at radius 2 is 1.77 bits per heavy atom. The first kappa shape index (κ1) is 20.2. The summed E-state index contributed by atoms with van der Waals surface area (Å²) in [6.07, 6.45) is -2.24. The maximum atomic E-state index is 12.9. The molecule has 4 rings (SSSR count). The van der Waals surface area contributed by atoms with Gasteiger partial charge in [0.25, 0.3) is 5.91 Å². The standard InChI is InChI=1S/C21H21F3N4O2/c22-21(23,24)16-6-7-18(25-14-16)26-9-11-27(12-10-26)20(30)15-3-1-4-17(13-15)28-8-2-5-19(28)29/h1,3-4,6-7,13-14H,2,5,8-12H2. The van der Waals surface area contributed by atoms with Crippen molar-refractivity contribution in [1.29, 1.82) is 0 Å². The summed E-state index contributed by atoms with van der Waals surface area (Å²) in [5.41, 5.74) is 0.473. The summed E-state index contributed by atoms with van der Waals surface area (Å²) in [6.45, 7) is 2.50. The van der Waals surface area contributed by atoms with Crippen LogP contribution in [-0.2, 0) is 11.0 Å². The van der Waals surface area contributed by atoms with Gasteiger partial charge in [-0.15, -0.1) is 0 Å². The van der Waals surface area contributed by atoms with E-state index in [2.05, 4.69) is 4.98 Å². The van der Waals surface area contributed by atoms with Gasteiger partial charge in [0, 0.05) is 56.6 Å². The maximum absolute atomic E-state index is 12.9. The molecule has 30 heavy (non-hydrogen) atoms. The van der Waals surface area contributed by atoms with E-state index in [-0.39, 0.29) is 11.8 Å². The van der Waals surface area contributed by atoms with Crippen LogP contribution in [0.3, 0.4) is 0 Å². The molecular weight excluding hydrogens is 397 g/mol. The molecule has 0 N–H and O–H groups in total. The summed E-state index contributed by atoms with van der Waals surface area (Å²) in [4.78, 5) is 34.1. The maximum Gasteiger partial charge on any atom is 0.417 e. The van der Waals surface area contributed by atoms with E-state index in [4.69, 9.17) is 0 Å². The highest BCUT2D eigenvalue weighted by Crippen LogP contribution is 2.29. The monoisotopic (exact) mass is 418 g/mol. The van der Waals surface area contributed by atoms with Crippen molar-refractivity contribution in [2.75, 3.05) is 42.5 Å². The lowest BCUT2D eigenvalue weighted by atomic mass is 10.1. The summed E-state index contributed by atoms with van der Waals surface area (Å²) in [5.74, 6) is 0.408. The number of amides is 2. The van der Waals surface area contributed by atoms with E-state index >= 15 is 0 Å². The van der Waals surface area contributed by atoms with Crippen molar-refractivity contribution in [2.24, 2.45) is 0 Å². The number of hydrogen-bond donors (Lipinski definition) is 0. The third-order valence-corrected chi connectivity index (χ3v) is 5.44. The number of aromatic nitrogens is 1. The second-order valence-corrected chi connectivity index (χ2v) is 7.38. The fourth-order valence-electron chi connectivity index (χ4n) is 3.79. The molecule has 6 nitrogen and oxygen atoms in total. The Balaban J connectivity index is 1.39. The fourth-order valence-corrected chi connectivity index (χ4v) is 3.79. The number of nitrogens with zero attached hydrogens (tertiary/aromatic N) is 4. The van der Waals surface area contributed by atoms with Gasteiger partial charge in [0.05, 0.1) is 5.56 Å². The summed E-state index contributed by atoms with van der Waals surface area (Å²) in [5, 5.41) is 0. The summed E-state index contributed by atoms with van der Waals surface area (Å²) in [7, 11) is 0. The van der Waals surface area contributed by atoms with Crippen molar-refractivity contribution in [3.8, 4) is 0 Å². The SMILES string of the molecule is O=C(c1cccc(N2CCCC2=O)c1)N1CCN(c2ccc(C(F)(F)F)cn2)CC1. The normalized spacial score (nSPS) is 17.6. The highest BCUT2D eigenvalue weighted by Gasteiger charge is 2.31. The quantitative estimate of drug-likeness (QED) is 0.768. The second kappa shape index (κ2) is 7.97. The number of anilines is 2. The van der Waals surface area contributed by atoms with Crippen LogP contribution in [0, 0.1) is 0 Å². The van der Waals surface area contributed by atoms with Gasteiger partial charge < -0.3 is 14.7 Å². The lowest BCUT2D eigenvalue weighted by Crippen LogP contribution is -2.49. The van der Waals surface area contributed by atoms with Crippen LogP contribution >= 0.6 is 0 Å². The van der Waals surface area contributed by atoms with Gasteiger partial charge in [0.15, 0.2) is 0 Å². The molecule has 2 aliphatic rings. The molecule has 3 heterocycles. The number of hydrogen-bond acceptors (Lipinski definition) is 4. The number of alkyl halides is 3. The Bertz CT molecular complexity index is 938. The minimum atomic E-state index is -4.41. The van der Waals surface area contributed by atoms with E-state index in [1.165, 1.54) is 6.07 Å². The van der Waals surface area contributed by atoms with Crippen molar-refractivity contribution >= 4 is 23.3 Å². The van der Waals surface area contributed by atoms with Crippen LogP contribution in [0.25, 0.3) is 0 Å². The average Bonchev–Trinajstić information content (AvgIpc) is 3.19. The van der Waals surface area contributed by atoms with Crippen molar-refractivity contribution in [3.05, 3.63) is 53.7 Å². The second-order valence-electron chi connectivity index (χ2n) is 7.38. The van der Waals surface area contributed by atoms with Crippen LogP contribution in [0.4, 0.5) is 24.7 Å². The number of benzene rings is 1. The summed E-state index contributed by atoms with van der Waals surface area (Å²) < 4.78 is 38.1. The molecule has 2 aliphatic heterocycles. The van der Waals surface area contributed by atoms with Crippen LogP contribution in [-0.4, -0.2) is 54.4 Å². The van der Waals surface area contributed by atoms with Crippen LogP contribution in [0.15, 0.2) is 42.6 Å². The predicted molar refractivity (Wildman–Crippen MR) is 105 cm³/mol. The molecule has 1 aromatic carbocycles. The van der Waals surface area contributed by atoms with E-state index in [0.717, 1.165) is 24.4 Å². The van der Waals surface area contributed by atoms with E-state index in [0.29, 0.717) is 50.5 Å². The Labute approximate surface area is 171 Å². The molecule has 2 fully saturated rings. The molecule has 2 saturated heterocycles. The third-order valence-electron chi connectivity index (χ3n) is 5.44. The molecule has 2 aromatic rings. The first-order valence-electron chi connectivity index (χ1n) is 9.81. The van der Waals surface area contributed by atoms with Gasteiger partial charge in [0.1, 0.15) is 5.82 Å². The van der Waals surface area contributed by atoms with Gasteiger partial charge in [-0.25, -0.2) is 4.98 Å². The Kier molecular flexibility index (Phi) is 5.36. The number of carbonyl (C=O) groups is 2. The third kappa shape index (κ3) is 4.10. The van der Waals surface area contributed by atoms with Crippen LogP contribution < -0.4 is 9.80 Å². The number of piperazine rings is 1. The summed E-state index contributed by atoms with van der Waals surface area (Å²) in [6, 6.07) is 9.46. The van der Waals surface area contributed by atoms with Gasteiger partial charge in [-0.1, -0.05) is 6.07 Å². The minimum Gasteiger partial charge on any atom is -0.353 e. The Morgan fingerprint density at radius 3 is 2.37 bits per heavy atom. The molecule has 0 aliphatic carbocycles. The lowest BCUT2D eigenvalue weighted by Gasteiger charge is -2.35. The molecule has 0 spiro atoms. The van der Waals surface area contributed by atoms with E-state index in [1.807, 2.05) is 11.0 Å². The number of halogens is 3. The molecule has 1 aromatic heterocycles. The number of pyridine rings is 1. The molecule has 2 amide bonds. The van der Waals surface area contributed by atoms with Gasteiger partial charge in [0.2, 0.25) is 5.91 Å².